The molecule has 0 aromatic rings. The lowest BCUT2D eigenvalue weighted by molar-refractivity contribution is -0.146. The molecular weight excluding hydrogens is 442 g/mol. The topological polar surface area (TPSA) is 219 Å². The molecule has 5 atom stereocenters. The first kappa shape index (κ1) is 27.9. The summed E-state index contributed by atoms with van der Waals surface area (Å²) in [6.45, 7) is 3.18. The summed E-state index contributed by atoms with van der Waals surface area (Å²) in [5, 5.41) is 31.9. The Bertz CT molecular complexity index is 741. The lowest BCUT2D eigenvalue weighted by Gasteiger charge is -2.40. The van der Waals surface area contributed by atoms with Crippen LogP contribution >= 0.6 is 0 Å². The van der Waals surface area contributed by atoms with Crippen molar-refractivity contribution in [2.75, 3.05) is 33.4 Å². The molecule has 0 bridgehead atoms. The van der Waals surface area contributed by atoms with Crippen LogP contribution in [0, 0.1) is 0 Å². The van der Waals surface area contributed by atoms with E-state index in [2.05, 4.69) is 10.3 Å². The highest BCUT2D eigenvalue weighted by Gasteiger charge is 2.46. The van der Waals surface area contributed by atoms with Gasteiger partial charge in [-0.15, -0.1) is 0 Å². The molecule has 2 amide bonds. The summed E-state index contributed by atoms with van der Waals surface area (Å²) < 4.78 is 16.1. The predicted octanol–water partition coefficient (Wildman–Crippen LogP) is -2.28. The summed E-state index contributed by atoms with van der Waals surface area (Å²) in [6.07, 6.45) is -3.78. The maximum absolute atomic E-state index is 12.6. The van der Waals surface area contributed by atoms with E-state index in [1.165, 1.54) is 18.9 Å². The van der Waals surface area contributed by atoms with Gasteiger partial charge in [-0.1, -0.05) is 6.92 Å². The van der Waals surface area contributed by atoms with Crippen LogP contribution < -0.4 is 16.8 Å². The molecule has 1 heterocycles. The van der Waals surface area contributed by atoms with Crippen molar-refractivity contribution in [3.05, 3.63) is 11.8 Å². The Morgan fingerprint density at radius 1 is 1.33 bits per heavy atom. The molecule has 1 aliphatic heterocycles. The van der Waals surface area contributed by atoms with Crippen LogP contribution in [0.25, 0.3) is 0 Å². The lowest BCUT2D eigenvalue weighted by Crippen LogP contribution is -2.61. The van der Waals surface area contributed by atoms with E-state index in [-0.39, 0.29) is 13.2 Å². The molecule has 0 unspecified atom stereocenters. The maximum Gasteiger partial charge on any atom is 0.410 e. The first-order chi connectivity index (χ1) is 15.5. The van der Waals surface area contributed by atoms with Crippen LogP contribution in [0.4, 0.5) is 4.79 Å². The number of hydrogen-bond donors (Lipinski definition) is 6. The minimum atomic E-state index is -1.69. The molecule has 0 fully saturated rings. The zero-order valence-corrected chi connectivity index (χ0v) is 18.8. The van der Waals surface area contributed by atoms with Gasteiger partial charge in [-0.05, 0) is 12.5 Å². The summed E-state index contributed by atoms with van der Waals surface area (Å²) in [4.78, 5) is 41.1. The molecule has 8 N–H and O–H groups in total. The zero-order chi connectivity index (χ0) is 25.1. The van der Waals surface area contributed by atoms with Crippen LogP contribution in [0.15, 0.2) is 16.8 Å². The van der Waals surface area contributed by atoms with E-state index in [0.717, 1.165) is 12.5 Å². The van der Waals surface area contributed by atoms with Crippen LogP contribution in [0.2, 0.25) is 0 Å². The van der Waals surface area contributed by atoms with Crippen molar-refractivity contribution in [2.45, 2.75) is 50.7 Å². The number of nitrogens with one attached hydrogen (secondary N) is 1. The zero-order valence-electron chi connectivity index (χ0n) is 18.8. The van der Waals surface area contributed by atoms with Crippen LogP contribution in [-0.2, 0) is 23.8 Å². The van der Waals surface area contributed by atoms with Gasteiger partial charge >= 0.3 is 12.1 Å². The fraction of sp³-hybridized carbons (Fsp3) is 0.684. The third-order valence-electron chi connectivity index (χ3n) is 4.54. The number of aliphatic imine (C=N–C) groups is 1. The maximum atomic E-state index is 12.6. The number of nitrogens with two attached hydrogens (primary N) is 2. The van der Waals surface area contributed by atoms with Gasteiger partial charge in [0.2, 0.25) is 11.7 Å². The number of carboxylic acids is 1. The predicted molar refractivity (Wildman–Crippen MR) is 115 cm³/mol. The molecule has 14 nitrogen and oxygen atoms in total. The third-order valence-corrected chi connectivity index (χ3v) is 4.54. The SMILES string of the molecule is CCCOCCN(C)C(=O)O[C@@H]([C@@H]1OC(C(=O)O)=C[C@H](N=C(N)N)[C@H]1NC(C)=O)[C@H](O)CO. The number of nitrogens with zero attached hydrogens (tertiary/aromatic N) is 2. The summed E-state index contributed by atoms with van der Waals surface area (Å²) in [6, 6.07) is -2.28. The standard InChI is InChI=1S/C19H33N5O9/c1-4-6-31-7-5-24(3)19(30)33-15(12(27)9-25)16-14(22-10(2)26)11(23-18(20)21)8-13(32-16)17(28)29/h8,11-12,14-16,25,27H,4-7,9H2,1-3H3,(H,22,26)(H,28,29)(H4,20,21,23)/t11-,12+,14+,15+,16+/m0/s1. The minimum absolute atomic E-state index is 0.165. The second-order valence-electron chi connectivity index (χ2n) is 7.32. The number of likely N-dealkylation sites (N-methyl/N-ethyl adjacent to an activating group) is 1. The fourth-order valence-electron chi connectivity index (χ4n) is 3.01. The first-order valence-electron chi connectivity index (χ1n) is 10.3. The molecule has 0 saturated heterocycles. The van der Waals surface area contributed by atoms with Crippen molar-refractivity contribution in [2.24, 2.45) is 16.5 Å². The van der Waals surface area contributed by atoms with Gasteiger partial charge < -0.3 is 51.2 Å². The molecule has 0 aliphatic carbocycles. The number of guanidine groups is 1. The number of ether oxygens (including phenoxy) is 3. The van der Waals surface area contributed by atoms with Gasteiger partial charge in [0.1, 0.15) is 6.10 Å². The number of carbonyl (C=O) groups is 3. The average Bonchev–Trinajstić information content (AvgIpc) is 2.74. The smallest absolute Gasteiger partial charge is 0.410 e. The molecule has 0 spiro atoms. The van der Waals surface area contributed by atoms with Crippen LogP contribution in [0.5, 0.6) is 0 Å². The first-order valence-corrected chi connectivity index (χ1v) is 10.3. The molecule has 0 aromatic heterocycles. The number of aliphatic hydroxyl groups excluding tert-OH is 2. The van der Waals surface area contributed by atoms with Crippen molar-refractivity contribution in [3.63, 3.8) is 0 Å². The summed E-state index contributed by atoms with van der Waals surface area (Å²) >= 11 is 0. The van der Waals surface area contributed by atoms with Crippen molar-refractivity contribution < 1.29 is 43.9 Å². The normalized spacial score (nSPS) is 21.6. The number of rotatable bonds is 12. The number of hydrogen-bond acceptors (Lipinski definition) is 9. The molecule has 188 valence electrons. The van der Waals surface area contributed by atoms with Crippen molar-refractivity contribution >= 4 is 23.9 Å². The lowest BCUT2D eigenvalue weighted by atomic mass is 9.92. The Morgan fingerprint density at radius 3 is 2.52 bits per heavy atom. The monoisotopic (exact) mass is 475 g/mol. The Morgan fingerprint density at radius 2 is 2.00 bits per heavy atom. The molecule has 33 heavy (non-hydrogen) atoms. The fourth-order valence-corrected chi connectivity index (χ4v) is 3.01. The number of aliphatic hydroxyl groups is 2. The molecular formula is C19H33N5O9. The van der Waals surface area contributed by atoms with Crippen molar-refractivity contribution in [3.8, 4) is 0 Å². The molecule has 0 saturated carbocycles. The number of aliphatic carboxylic acids is 1. The highest BCUT2D eigenvalue weighted by Crippen LogP contribution is 2.26. The van der Waals surface area contributed by atoms with E-state index in [4.69, 9.17) is 25.7 Å². The quantitative estimate of drug-likeness (QED) is 0.100. The second kappa shape index (κ2) is 13.4. The van der Waals surface area contributed by atoms with Gasteiger partial charge in [0, 0.05) is 27.1 Å². The van der Waals surface area contributed by atoms with Gasteiger partial charge in [-0.3, -0.25) is 4.79 Å². The van der Waals surface area contributed by atoms with Crippen LogP contribution in [0.3, 0.4) is 0 Å². The van der Waals surface area contributed by atoms with Gasteiger partial charge in [0.25, 0.3) is 0 Å². The van der Waals surface area contributed by atoms with Gasteiger partial charge in [-0.25, -0.2) is 14.6 Å². The Balaban J connectivity index is 3.25. The number of carbonyl (C=O) groups excluding carboxylic acids is 2. The van der Waals surface area contributed by atoms with Gasteiger partial charge in [0.05, 0.1) is 25.3 Å². The van der Waals surface area contributed by atoms with Crippen LogP contribution in [-0.4, -0.2) is 108 Å². The van der Waals surface area contributed by atoms with Gasteiger partial charge in [0.15, 0.2) is 18.2 Å². The van der Waals surface area contributed by atoms with Crippen molar-refractivity contribution in [1.29, 1.82) is 0 Å². The third kappa shape index (κ3) is 8.75. The van der Waals surface area contributed by atoms with Crippen LogP contribution in [0.1, 0.15) is 20.3 Å². The van der Waals surface area contributed by atoms with E-state index in [1.807, 2.05) is 6.92 Å². The van der Waals surface area contributed by atoms with E-state index in [0.29, 0.717) is 6.61 Å². The Hall–Kier alpha value is -3.10. The average molecular weight is 475 g/mol. The molecule has 14 heteroatoms. The van der Waals surface area contributed by atoms with Gasteiger partial charge in [-0.2, -0.15) is 0 Å². The number of amides is 2. The largest absolute Gasteiger partial charge is 0.477 e. The Labute approximate surface area is 191 Å². The minimum Gasteiger partial charge on any atom is -0.477 e. The highest BCUT2D eigenvalue weighted by atomic mass is 16.6. The highest BCUT2D eigenvalue weighted by molar-refractivity contribution is 5.85. The molecule has 1 rings (SSSR count). The second-order valence-corrected chi connectivity index (χ2v) is 7.32. The molecule has 0 radical (unpaired) electrons. The molecule has 1 aliphatic rings. The van der Waals surface area contributed by atoms with E-state index < -0.39 is 66.7 Å². The summed E-state index contributed by atoms with van der Waals surface area (Å²) in [7, 11) is 1.43. The van der Waals surface area contributed by atoms with Crippen molar-refractivity contribution in [1.82, 2.24) is 10.2 Å². The Kier molecular flexibility index (Phi) is 11.4. The summed E-state index contributed by atoms with van der Waals surface area (Å²) in [5.74, 6) is -3.03. The van der Waals surface area contributed by atoms with E-state index in [9.17, 15) is 29.7 Å². The number of carboxylic acid groups (broad SMARTS) is 1. The van der Waals surface area contributed by atoms with E-state index in [1.54, 1.807) is 0 Å². The molecule has 0 aromatic carbocycles. The van der Waals surface area contributed by atoms with E-state index >= 15 is 0 Å². The summed E-state index contributed by atoms with van der Waals surface area (Å²) in [5.41, 5.74) is 10.9.